The van der Waals surface area contributed by atoms with Gasteiger partial charge >= 0.3 is 5.97 Å². The Balaban J connectivity index is 1.80. The van der Waals surface area contributed by atoms with Crippen LogP contribution in [0.5, 0.6) is 0 Å². The third-order valence-corrected chi connectivity index (χ3v) is 4.24. The molecular formula is C16H19IN2O4. The number of anilines is 1. The molecule has 1 saturated heterocycles. The lowest BCUT2D eigenvalue weighted by atomic mass is 10.1. The number of rotatable bonds is 5. The molecule has 0 saturated carbocycles. The average Bonchev–Trinajstić information content (AvgIpc) is 2.87. The van der Waals surface area contributed by atoms with Crippen LogP contribution in [-0.4, -0.2) is 41.9 Å². The van der Waals surface area contributed by atoms with E-state index in [0.717, 1.165) is 3.57 Å². The van der Waals surface area contributed by atoms with Crippen LogP contribution in [0.15, 0.2) is 24.3 Å². The van der Waals surface area contributed by atoms with Gasteiger partial charge in [0.2, 0.25) is 5.91 Å². The zero-order valence-electron chi connectivity index (χ0n) is 13.0. The smallest absolute Gasteiger partial charge is 0.311 e. The van der Waals surface area contributed by atoms with Crippen molar-refractivity contribution in [2.45, 2.75) is 26.3 Å². The minimum absolute atomic E-state index is 0.0507. The number of carbonyl (C=O) groups is 3. The van der Waals surface area contributed by atoms with Gasteiger partial charge in [-0.25, -0.2) is 0 Å². The molecule has 7 heteroatoms. The summed E-state index contributed by atoms with van der Waals surface area (Å²) < 4.78 is 6.03. The Hall–Kier alpha value is -1.64. The van der Waals surface area contributed by atoms with Crippen LogP contribution in [0.4, 0.5) is 5.69 Å². The van der Waals surface area contributed by atoms with Crippen LogP contribution in [0.25, 0.3) is 0 Å². The van der Waals surface area contributed by atoms with Gasteiger partial charge in [-0.15, -0.1) is 0 Å². The maximum atomic E-state index is 12.0. The SMILES string of the molecule is CC(C)N1CC(C(=O)OCC(=O)Nc2cccc(I)c2)CC1=O. The minimum atomic E-state index is -0.501. The first-order valence-electron chi connectivity index (χ1n) is 7.38. The van der Waals surface area contributed by atoms with E-state index in [2.05, 4.69) is 27.9 Å². The fraction of sp³-hybridized carbons (Fsp3) is 0.438. The molecule has 0 bridgehead atoms. The van der Waals surface area contributed by atoms with E-state index in [0.29, 0.717) is 12.2 Å². The van der Waals surface area contributed by atoms with E-state index < -0.39 is 17.8 Å². The molecule has 0 spiro atoms. The molecule has 124 valence electrons. The summed E-state index contributed by atoms with van der Waals surface area (Å²) in [6.07, 6.45) is 0.148. The quantitative estimate of drug-likeness (QED) is 0.573. The first-order chi connectivity index (χ1) is 10.9. The van der Waals surface area contributed by atoms with Crippen molar-refractivity contribution in [2.24, 2.45) is 5.92 Å². The van der Waals surface area contributed by atoms with Crippen LogP contribution in [-0.2, 0) is 19.1 Å². The summed E-state index contributed by atoms with van der Waals surface area (Å²) in [5.74, 6) is -1.44. The number of nitrogens with one attached hydrogen (secondary N) is 1. The van der Waals surface area contributed by atoms with Crippen molar-refractivity contribution < 1.29 is 19.1 Å². The van der Waals surface area contributed by atoms with Crippen LogP contribution >= 0.6 is 22.6 Å². The fourth-order valence-corrected chi connectivity index (χ4v) is 2.95. The molecule has 1 fully saturated rings. The Morgan fingerprint density at radius 3 is 2.78 bits per heavy atom. The van der Waals surface area contributed by atoms with Gasteiger partial charge in [-0.2, -0.15) is 0 Å². The van der Waals surface area contributed by atoms with Gasteiger partial charge in [0.15, 0.2) is 6.61 Å². The second-order valence-electron chi connectivity index (χ2n) is 5.71. The molecule has 1 N–H and O–H groups in total. The van der Waals surface area contributed by atoms with E-state index in [1.165, 1.54) is 0 Å². The van der Waals surface area contributed by atoms with Crippen molar-refractivity contribution in [3.05, 3.63) is 27.8 Å². The summed E-state index contributed by atoms with van der Waals surface area (Å²) in [5.41, 5.74) is 0.653. The Morgan fingerprint density at radius 2 is 2.17 bits per heavy atom. The second-order valence-corrected chi connectivity index (χ2v) is 6.95. The van der Waals surface area contributed by atoms with Crippen LogP contribution in [0.2, 0.25) is 0 Å². The largest absolute Gasteiger partial charge is 0.455 e. The maximum Gasteiger partial charge on any atom is 0.311 e. The standard InChI is InChI=1S/C16H19IN2O4/c1-10(2)19-8-11(6-15(19)21)16(22)23-9-14(20)18-13-5-3-4-12(17)7-13/h3-5,7,10-11H,6,8-9H2,1-2H3,(H,18,20). The number of carbonyl (C=O) groups excluding carboxylic acids is 3. The highest BCUT2D eigenvalue weighted by molar-refractivity contribution is 14.1. The maximum absolute atomic E-state index is 12.0. The van der Waals surface area contributed by atoms with Gasteiger partial charge in [0.05, 0.1) is 5.92 Å². The monoisotopic (exact) mass is 430 g/mol. The number of amides is 2. The molecule has 1 aliphatic rings. The molecule has 0 aliphatic carbocycles. The van der Waals surface area contributed by atoms with E-state index in [4.69, 9.17) is 4.74 Å². The second kappa shape index (κ2) is 7.76. The lowest BCUT2D eigenvalue weighted by molar-refractivity contribution is -0.151. The van der Waals surface area contributed by atoms with E-state index in [1.807, 2.05) is 32.0 Å². The van der Waals surface area contributed by atoms with E-state index >= 15 is 0 Å². The van der Waals surface area contributed by atoms with Crippen LogP contribution in [0.3, 0.4) is 0 Å². The number of ether oxygens (including phenoxy) is 1. The van der Waals surface area contributed by atoms with Gasteiger partial charge in [-0.3, -0.25) is 14.4 Å². The number of halogens is 1. The molecular weight excluding hydrogens is 411 g/mol. The molecule has 1 atom stereocenters. The predicted molar refractivity (Wildman–Crippen MR) is 93.7 cm³/mol. The lowest BCUT2D eigenvalue weighted by Gasteiger charge is -2.20. The molecule has 1 aromatic rings. The first kappa shape index (κ1) is 17.7. The molecule has 1 aromatic carbocycles. The van der Waals surface area contributed by atoms with E-state index in [9.17, 15) is 14.4 Å². The molecule has 1 heterocycles. The molecule has 6 nitrogen and oxygen atoms in total. The third kappa shape index (κ3) is 4.92. The molecule has 0 aromatic heterocycles. The van der Waals surface area contributed by atoms with Gasteiger partial charge in [0.1, 0.15) is 0 Å². The number of likely N-dealkylation sites (tertiary alicyclic amines) is 1. The van der Waals surface area contributed by atoms with Crippen molar-refractivity contribution in [2.75, 3.05) is 18.5 Å². The Kier molecular flexibility index (Phi) is 5.97. The van der Waals surface area contributed by atoms with Crippen LogP contribution in [0.1, 0.15) is 20.3 Å². The highest BCUT2D eigenvalue weighted by Crippen LogP contribution is 2.21. The Morgan fingerprint density at radius 1 is 1.43 bits per heavy atom. The third-order valence-electron chi connectivity index (χ3n) is 3.57. The number of nitrogens with zero attached hydrogens (tertiary/aromatic N) is 1. The normalized spacial score (nSPS) is 17.5. The highest BCUT2D eigenvalue weighted by Gasteiger charge is 2.36. The molecule has 1 aliphatic heterocycles. The summed E-state index contributed by atoms with van der Waals surface area (Å²) >= 11 is 2.15. The Bertz CT molecular complexity index is 618. The van der Waals surface area contributed by atoms with Crippen molar-refractivity contribution in [1.29, 1.82) is 0 Å². The Labute approximate surface area is 148 Å². The number of hydrogen-bond donors (Lipinski definition) is 1. The van der Waals surface area contributed by atoms with Crippen LogP contribution < -0.4 is 5.32 Å². The number of benzene rings is 1. The van der Waals surface area contributed by atoms with Gasteiger partial charge in [0.25, 0.3) is 5.91 Å². The predicted octanol–water partition coefficient (Wildman–Crippen LogP) is 2.03. The van der Waals surface area contributed by atoms with Gasteiger partial charge < -0.3 is 15.0 Å². The van der Waals surface area contributed by atoms with Crippen molar-refractivity contribution in [3.8, 4) is 0 Å². The average molecular weight is 430 g/mol. The van der Waals surface area contributed by atoms with Gasteiger partial charge in [-0.05, 0) is 54.6 Å². The van der Waals surface area contributed by atoms with Crippen LogP contribution in [0, 0.1) is 9.49 Å². The summed E-state index contributed by atoms with van der Waals surface area (Å²) in [4.78, 5) is 37.2. The van der Waals surface area contributed by atoms with Crippen molar-refractivity contribution in [1.82, 2.24) is 4.90 Å². The first-order valence-corrected chi connectivity index (χ1v) is 8.46. The molecule has 0 radical (unpaired) electrons. The van der Waals surface area contributed by atoms with E-state index in [-0.39, 0.29) is 25.0 Å². The summed E-state index contributed by atoms with van der Waals surface area (Å²) in [6, 6.07) is 7.38. The molecule has 2 rings (SSSR count). The van der Waals surface area contributed by atoms with Crippen molar-refractivity contribution in [3.63, 3.8) is 0 Å². The number of hydrogen-bond acceptors (Lipinski definition) is 4. The highest BCUT2D eigenvalue weighted by atomic mass is 127. The zero-order valence-corrected chi connectivity index (χ0v) is 15.2. The van der Waals surface area contributed by atoms with Gasteiger partial charge in [-0.1, -0.05) is 6.07 Å². The molecule has 2 amide bonds. The van der Waals surface area contributed by atoms with Crippen molar-refractivity contribution >= 4 is 46.1 Å². The van der Waals surface area contributed by atoms with E-state index in [1.54, 1.807) is 11.0 Å². The van der Waals surface area contributed by atoms with Gasteiger partial charge in [0, 0.05) is 28.3 Å². The molecule has 23 heavy (non-hydrogen) atoms. The summed E-state index contributed by atoms with van der Waals surface area (Å²) in [5, 5.41) is 2.67. The summed E-state index contributed by atoms with van der Waals surface area (Å²) in [6.45, 7) is 3.81. The minimum Gasteiger partial charge on any atom is -0.455 e. The zero-order chi connectivity index (χ0) is 17.0. The lowest BCUT2D eigenvalue weighted by Crippen LogP contribution is -2.33. The topological polar surface area (TPSA) is 75.7 Å². The fourth-order valence-electron chi connectivity index (χ4n) is 2.41. The summed E-state index contributed by atoms with van der Waals surface area (Å²) in [7, 11) is 0. The molecule has 1 unspecified atom stereocenters. The number of esters is 1.